The molecule has 2 aromatic heterocycles. The second-order valence-corrected chi connectivity index (χ2v) is 5.41. The Balaban J connectivity index is 2.34. The van der Waals surface area contributed by atoms with Gasteiger partial charge in [0, 0.05) is 30.2 Å². The van der Waals surface area contributed by atoms with Gasteiger partial charge < -0.3 is 9.13 Å². The quantitative estimate of drug-likeness (QED) is 0.815. The maximum atomic E-state index is 12.3. The molecule has 0 aliphatic carbocycles. The molecule has 0 saturated carbocycles. The van der Waals surface area contributed by atoms with Gasteiger partial charge in [-0.2, -0.15) is 0 Å². The maximum absolute atomic E-state index is 12.3. The maximum Gasteiger partial charge on any atom is 0.265 e. The van der Waals surface area contributed by atoms with Crippen molar-refractivity contribution in [3.63, 3.8) is 0 Å². The van der Waals surface area contributed by atoms with Crippen LogP contribution in [-0.2, 0) is 13.6 Å². The van der Waals surface area contributed by atoms with Gasteiger partial charge >= 0.3 is 0 Å². The number of halogens is 1. The Morgan fingerprint density at radius 2 is 2.05 bits per heavy atom. The van der Waals surface area contributed by atoms with E-state index in [-0.39, 0.29) is 17.9 Å². The molecule has 0 amide bonds. The van der Waals surface area contributed by atoms with E-state index in [0.717, 1.165) is 11.4 Å². The number of pyridine rings is 1. The molecule has 0 saturated heterocycles. The normalized spacial score (nSPS) is 10.7. The highest BCUT2D eigenvalue weighted by atomic mass is 79.9. The van der Waals surface area contributed by atoms with Crippen LogP contribution in [0.15, 0.2) is 33.7 Å². The van der Waals surface area contributed by atoms with Gasteiger partial charge in [0.1, 0.15) is 0 Å². The van der Waals surface area contributed by atoms with Crippen molar-refractivity contribution < 1.29 is 4.79 Å². The number of hydrogen-bond donors (Lipinski definition) is 0. The minimum atomic E-state index is -0.193. The third-order valence-corrected chi connectivity index (χ3v) is 3.97. The molecule has 0 bridgehead atoms. The third-order valence-electron chi connectivity index (χ3n) is 3.36. The molecular weight excluding hydrogens is 308 g/mol. The number of rotatable bonds is 3. The minimum absolute atomic E-state index is 0.0543. The molecule has 4 nitrogen and oxygen atoms in total. The fourth-order valence-electron chi connectivity index (χ4n) is 2.01. The van der Waals surface area contributed by atoms with E-state index in [4.69, 9.17) is 0 Å². The molecule has 100 valence electrons. The van der Waals surface area contributed by atoms with Gasteiger partial charge in [-0.1, -0.05) is 0 Å². The number of hydrogen-bond acceptors (Lipinski definition) is 2. The van der Waals surface area contributed by atoms with E-state index < -0.39 is 0 Å². The van der Waals surface area contributed by atoms with Gasteiger partial charge in [0.25, 0.3) is 5.56 Å². The zero-order valence-corrected chi connectivity index (χ0v) is 12.7. The largest absolute Gasteiger partial charge is 0.351 e. The Hall–Kier alpha value is -1.62. The highest BCUT2D eigenvalue weighted by Gasteiger charge is 2.15. The number of nitrogens with zero attached hydrogens (tertiary/aromatic N) is 2. The van der Waals surface area contributed by atoms with Crippen LogP contribution in [0, 0.1) is 13.8 Å². The van der Waals surface area contributed by atoms with Crippen LogP contribution in [0.1, 0.15) is 21.7 Å². The lowest BCUT2D eigenvalue weighted by Gasteiger charge is -2.05. The van der Waals surface area contributed by atoms with Gasteiger partial charge in [0.05, 0.1) is 11.0 Å². The molecule has 0 radical (unpaired) electrons. The lowest BCUT2D eigenvalue weighted by Crippen LogP contribution is -2.24. The van der Waals surface area contributed by atoms with Gasteiger partial charge in [-0.25, -0.2) is 0 Å². The fourth-order valence-corrected chi connectivity index (χ4v) is 2.39. The minimum Gasteiger partial charge on any atom is -0.351 e. The lowest BCUT2D eigenvalue weighted by molar-refractivity contribution is 0.0970. The van der Waals surface area contributed by atoms with Crippen molar-refractivity contribution in [3.05, 3.63) is 56.2 Å². The summed E-state index contributed by atoms with van der Waals surface area (Å²) in [5, 5.41) is 0. The van der Waals surface area contributed by atoms with Crippen LogP contribution in [0.5, 0.6) is 0 Å². The SMILES string of the molecule is Cc1cc(C(=O)Cn2cccc(Br)c2=O)c(C)n1C. The monoisotopic (exact) mass is 322 g/mol. The number of ketones is 1. The van der Waals surface area contributed by atoms with Gasteiger partial charge in [0.2, 0.25) is 0 Å². The predicted molar refractivity (Wildman–Crippen MR) is 77.6 cm³/mol. The molecule has 2 aromatic rings. The smallest absolute Gasteiger partial charge is 0.265 e. The molecule has 5 heteroatoms. The van der Waals surface area contributed by atoms with Gasteiger partial charge in [-0.3, -0.25) is 9.59 Å². The number of carbonyl (C=O) groups excluding carboxylic acids is 1. The third kappa shape index (κ3) is 2.56. The van der Waals surface area contributed by atoms with E-state index in [1.165, 1.54) is 4.57 Å². The van der Waals surface area contributed by atoms with Gasteiger partial charge in [0.15, 0.2) is 5.78 Å². The van der Waals surface area contributed by atoms with E-state index >= 15 is 0 Å². The van der Waals surface area contributed by atoms with Crippen molar-refractivity contribution in [2.24, 2.45) is 7.05 Å². The number of aromatic nitrogens is 2. The van der Waals surface area contributed by atoms with Crippen molar-refractivity contribution in [2.75, 3.05) is 0 Å². The molecule has 2 heterocycles. The first kappa shape index (κ1) is 13.8. The highest BCUT2D eigenvalue weighted by Crippen LogP contribution is 2.14. The summed E-state index contributed by atoms with van der Waals surface area (Å²) in [5.74, 6) is -0.0543. The summed E-state index contributed by atoms with van der Waals surface area (Å²) in [7, 11) is 1.92. The van der Waals surface area contributed by atoms with E-state index in [2.05, 4.69) is 15.9 Å². The van der Waals surface area contributed by atoms with Crippen LogP contribution in [0.2, 0.25) is 0 Å². The second-order valence-electron chi connectivity index (χ2n) is 4.56. The molecule has 0 aliphatic heterocycles. The summed E-state index contributed by atoms with van der Waals surface area (Å²) in [6, 6.07) is 5.27. The summed E-state index contributed by atoms with van der Waals surface area (Å²) in [5.41, 5.74) is 2.43. The van der Waals surface area contributed by atoms with Crippen molar-refractivity contribution in [2.45, 2.75) is 20.4 Å². The number of Topliss-reactive ketones (excluding diaryl/α,β-unsaturated/α-hetero) is 1. The zero-order chi connectivity index (χ0) is 14.2. The van der Waals surface area contributed by atoms with Crippen LogP contribution in [0.25, 0.3) is 0 Å². The average Bonchev–Trinajstić information content (AvgIpc) is 2.63. The fraction of sp³-hybridized carbons (Fsp3) is 0.286. The molecule has 19 heavy (non-hydrogen) atoms. The van der Waals surface area contributed by atoms with Crippen LogP contribution in [-0.4, -0.2) is 14.9 Å². The van der Waals surface area contributed by atoms with Crippen LogP contribution >= 0.6 is 15.9 Å². The first-order valence-corrected chi connectivity index (χ1v) is 6.72. The molecule has 0 spiro atoms. The first-order valence-electron chi connectivity index (χ1n) is 5.93. The zero-order valence-electron chi connectivity index (χ0n) is 11.1. The molecule has 0 aliphatic rings. The summed E-state index contributed by atoms with van der Waals surface area (Å²) < 4.78 is 3.84. The molecule has 0 atom stereocenters. The predicted octanol–water partition coefficient (Wildman–Crippen LogP) is 2.45. The van der Waals surface area contributed by atoms with E-state index in [9.17, 15) is 9.59 Å². The second kappa shape index (κ2) is 5.17. The van der Waals surface area contributed by atoms with Crippen LogP contribution in [0.3, 0.4) is 0 Å². The number of aryl methyl sites for hydroxylation is 1. The van der Waals surface area contributed by atoms with Crippen molar-refractivity contribution in [1.29, 1.82) is 0 Å². The van der Waals surface area contributed by atoms with Crippen LogP contribution < -0.4 is 5.56 Å². The summed E-state index contributed by atoms with van der Waals surface area (Å²) in [6.07, 6.45) is 1.62. The Morgan fingerprint density at radius 3 is 2.63 bits per heavy atom. The van der Waals surface area contributed by atoms with Crippen molar-refractivity contribution in [3.8, 4) is 0 Å². The van der Waals surface area contributed by atoms with Crippen LogP contribution in [0.4, 0.5) is 0 Å². The van der Waals surface area contributed by atoms with E-state index in [0.29, 0.717) is 10.0 Å². The Kier molecular flexibility index (Phi) is 3.75. The van der Waals surface area contributed by atoms with Gasteiger partial charge in [-0.15, -0.1) is 0 Å². The Labute approximate surface area is 119 Å². The Bertz CT molecular complexity index is 698. The molecule has 0 unspecified atom stereocenters. The molecule has 0 N–H and O–H groups in total. The summed E-state index contributed by atoms with van der Waals surface area (Å²) in [6.45, 7) is 3.92. The van der Waals surface area contributed by atoms with Crippen molar-refractivity contribution >= 4 is 21.7 Å². The highest BCUT2D eigenvalue weighted by molar-refractivity contribution is 9.10. The number of carbonyl (C=O) groups is 1. The summed E-state index contributed by atoms with van der Waals surface area (Å²) in [4.78, 5) is 24.1. The lowest BCUT2D eigenvalue weighted by atomic mass is 10.1. The first-order chi connectivity index (χ1) is 8.91. The van der Waals surface area contributed by atoms with E-state index in [1.807, 2.05) is 31.5 Å². The van der Waals surface area contributed by atoms with E-state index in [1.54, 1.807) is 18.3 Å². The molecule has 2 rings (SSSR count). The molecular formula is C14H15BrN2O2. The Morgan fingerprint density at radius 1 is 1.37 bits per heavy atom. The van der Waals surface area contributed by atoms with Crippen molar-refractivity contribution in [1.82, 2.24) is 9.13 Å². The summed E-state index contributed by atoms with van der Waals surface area (Å²) >= 11 is 3.17. The average molecular weight is 323 g/mol. The topological polar surface area (TPSA) is 44.0 Å². The standard InChI is InChI=1S/C14H15BrN2O2/c1-9-7-11(10(2)16(9)3)13(18)8-17-6-4-5-12(15)14(17)19/h4-7H,8H2,1-3H3. The molecule has 0 fully saturated rings. The molecule has 0 aromatic carbocycles. The van der Waals surface area contributed by atoms with Gasteiger partial charge in [-0.05, 0) is 48.0 Å².